The molecule has 1 aromatic rings. The highest BCUT2D eigenvalue weighted by Gasteiger charge is 2.33. The van der Waals surface area contributed by atoms with E-state index in [1.54, 1.807) is 6.92 Å². The number of ketones is 1. The fourth-order valence-electron chi connectivity index (χ4n) is 1.66. The predicted octanol–water partition coefficient (Wildman–Crippen LogP) is 2.94. The van der Waals surface area contributed by atoms with E-state index in [0.717, 1.165) is 25.1 Å². The molecular weight excluding hydrogens is 261 g/mol. The van der Waals surface area contributed by atoms with Crippen molar-refractivity contribution in [2.45, 2.75) is 25.9 Å². The van der Waals surface area contributed by atoms with Gasteiger partial charge in [0.2, 0.25) is 0 Å². The van der Waals surface area contributed by atoms with Crippen LogP contribution in [0.25, 0.3) is 0 Å². The molecule has 0 amide bonds. The molecule has 3 nitrogen and oxygen atoms in total. The minimum atomic E-state index is -4.52. The van der Waals surface area contributed by atoms with Gasteiger partial charge in [0, 0.05) is 0 Å². The second-order valence-electron chi connectivity index (χ2n) is 3.92. The Bertz CT molecular complexity index is 480. The normalized spacial score (nSPS) is 12.9. The first-order valence-electron chi connectivity index (χ1n) is 5.61. The molecule has 0 N–H and O–H groups in total. The van der Waals surface area contributed by atoms with Crippen molar-refractivity contribution in [1.29, 1.82) is 0 Å². The summed E-state index contributed by atoms with van der Waals surface area (Å²) < 4.78 is 42.4. The first-order chi connectivity index (χ1) is 8.77. The van der Waals surface area contributed by atoms with Crippen LogP contribution in [-0.4, -0.2) is 18.4 Å². The third-order valence-electron chi connectivity index (χ3n) is 2.48. The van der Waals surface area contributed by atoms with Crippen LogP contribution in [-0.2, 0) is 20.5 Å². The maximum atomic E-state index is 12.6. The molecule has 104 valence electrons. The molecule has 0 aliphatic carbocycles. The van der Waals surface area contributed by atoms with Crippen molar-refractivity contribution in [1.82, 2.24) is 0 Å². The fraction of sp³-hybridized carbons (Fsp3) is 0.385. The van der Waals surface area contributed by atoms with E-state index in [1.165, 1.54) is 6.07 Å². The molecule has 6 heteroatoms. The van der Waals surface area contributed by atoms with E-state index in [4.69, 9.17) is 4.74 Å². The van der Waals surface area contributed by atoms with Gasteiger partial charge in [-0.05, 0) is 25.5 Å². The molecule has 0 spiro atoms. The number of carbonyl (C=O) groups is 2. The van der Waals surface area contributed by atoms with E-state index in [-0.39, 0.29) is 12.2 Å². The number of benzene rings is 1. The summed E-state index contributed by atoms with van der Waals surface area (Å²) in [5, 5.41) is 0. The number of hydrogen-bond acceptors (Lipinski definition) is 3. The van der Waals surface area contributed by atoms with Crippen molar-refractivity contribution in [2.75, 3.05) is 6.61 Å². The summed E-state index contributed by atoms with van der Waals surface area (Å²) in [5.74, 6) is -2.71. The quantitative estimate of drug-likeness (QED) is 0.626. The van der Waals surface area contributed by atoms with Crippen LogP contribution in [0.4, 0.5) is 13.2 Å². The van der Waals surface area contributed by atoms with Crippen LogP contribution in [0.3, 0.4) is 0 Å². The number of halogens is 3. The number of Topliss-reactive ketones (excluding diaryl/α,β-unsaturated/α-hetero) is 1. The lowest BCUT2D eigenvalue weighted by molar-refractivity contribution is -0.148. The average molecular weight is 274 g/mol. The first kappa shape index (κ1) is 15.2. The smallest absolute Gasteiger partial charge is 0.416 e. The first-order valence-corrected chi connectivity index (χ1v) is 5.61. The van der Waals surface area contributed by atoms with Gasteiger partial charge in [-0.1, -0.05) is 18.2 Å². The van der Waals surface area contributed by atoms with Crippen LogP contribution in [0.15, 0.2) is 24.3 Å². The molecule has 0 fully saturated rings. The van der Waals surface area contributed by atoms with Crippen molar-refractivity contribution >= 4 is 11.8 Å². The molecule has 1 atom stereocenters. The van der Waals surface area contributed by atoms with Crippen LogP contribution in [0.5, 0.6) is 0 Å². The number of esters is 1. The Morgan fingerprint density at radius 1 is 1.32 bits per heavy atom. The van der Waals surface area contributed by atoms with Gasteiger partial charge in [-0.2, -0.15) is 13.2 Å². The molecule has 0 aliphatic heterocycles. The monoisotopic (exact) mass is 274 g/mol. The molecule has 1 aromatic carbocycles. The molecule has 0 aromatic heterocycles. The fourth-order valence-corrected chi connectivity index (χ4v) is 1.66. The van der Waals surface area contributed by atoms with Gasteiger partial charge in [0.15, 0.2) is 0 Å². The maximum Gasteiger partial charge on any atom is 0.416 e. The van der Waals surface area contributed by atoms with Gasteiger partial charge < -0.3 is 4.74 Å². The van der Waals surface area contributed by atoms with Crippen LogP contribution in [0.1, 0.15) is 30.9 Å². The van der Waals surface area contributed by atoms with Crippen molar-refractivity contribution < 1.29 is 27.5 Å². The highest BCUT2D eigenvalue weighted by Crippen LogP contribution is 2.31. The van der Waals surface area contributed by atoms with E-state index in [1.807, 2.05) is 0 Å². The molecule has 19 heavy (non-hydrogen) atoms. The summed E-state index contributed by atoms with van der Waals surface area (Å²) in [6, 6.07) is 4.14. The molecule has 0 saturated carbocycles. The molecular formula is C13H13F3O3. The average Bonchev–Trinajstić information content (AvgIpc) is 2.28. The van der Waals surface area contributed by atoms with E-state index in [9.17, 15) is 22.8 Å². The van der Waals surface area contributed by atoms with E-state index in [2.05, 4.69) is 0 Å². The summed E-state index contributed by atoms with van der Waals surface area (Å²) in [4.78, 5) is 23.1. The molecule has 1 rings (SSSR count). The van der Waals surface area contributed by atoms with Crippen LogP contribution < -0.4 is 0 Å². The van der Waals surface area contributed by atoms with Gasteiger partial charge in [0.1, 0.15) is 11.7 Å². The maximum absolute atomic E-state index is 12.6. The third-order valence-corrected chi connectivity index (χ3v) is 2.48. The van der Waals surface area contributed by atoms with Gasteiger partial charge in [-0.25, -0.2) is 0 Å². The molecule has 0 heterocycles. The molecule has 0 saturated heterocycles. The Hall–Kier alpha value is -1.85. The molecule has 1 unspecified atom stereocenters. The van der Waals surface area contributed by atoms with Gasteiger partial charge in [0.05, 0.1) is 12.2 Å². The minimum Gasteiger partial charge on any atom is -0.465 e. The second-order valence-corrected chi connectivity index (χ2v) is 3.92. The lowest BCUT2D eigenvalue weighted by atomic mass is 9.94. The second kappa shape index (κ2) is 5.86. The molecule has 0 radical (unpaired) electrons. The highest BCUT2D eigenvalue weighted by atomic mass is 19.4. The van der Waals surface area contributed by atoms with Crippen molar-refractivity contribution in [3.05, 3.63) is 35.4 Å². The number of alkyl halides is 3. The number of rotatable bonds is 4. The Morgan fingerprint density at radius 2 is 1.95 bits per heavy atom. The SMILES string of the molecule is CCOC(=O)C(C(C)=O)c1cccc(C(F)(F)F)c1. The predicted molar refractivity (Wildman–Crippen MR) is 61.5 cm³/mol. The number of carbonyl (C=O) groups excluding carboxylic acids is 2. The number of ether oxygens (including phenoxy) is 1. The van der Waals surface area contributed by atoms with Gasteiger partial charge >= 0.3 is 12.1 Å². The largest absolute Gasteiger partial charge is 0.465 e. The zero-order valence-electron chi connectivity index (χ0n) is 10.5. The molecule has 0 bridgehead atoms. The van der Waals surface area contributed by atoms with Crippen molar-refractivity contribution in [3.8, 4) is 0 Å². The van der Waals surface area contributed by atoms with Gasteiger partial charge in [-0.3, -0.25) is 9.59 Å². The Morgan fingerprint density at radius 3 is 2.42 bits per heavy atom. The Kier molecular flexibility index (Phi) is 4.69. The molecule has 0 aliphatic rings. The van der Waals surface area contributed by atoms with Crippen LogP contribution in [0.2, 0.25) is 0 Å². The summed E-state index contributed by atoms with van der Waals surface area (Å²) >= 11 is 0. The highest BCUT2D eigenvalue weighted by molar-refractivity contribution is 6.03. The zero-order valence-corrected chi connectivity index (χ0v) is 10.5. The van der Waals surface area contributed by atoms with E-state index in [0.29, 0.717) is 0 Å². The third kappa shape index (κ3) is 3.81. The van der Waals surface area contributed by atoms with Crippen molar-refractivity contribution in [3.63, 3.8) is 0 Å². The zero-order chi connectivity index (χ0) is 14.6. The summed E-state index contributed by atoms with van der Waals surface area (Å²) in [7, 11) is 0. The summed E-state index contributed by atoms with van der Waals surface area (Å²) in [6.07, 6.45) is -4.52. The Balaban J connectivity index is 3.17. The lowest BCUT2D eigenvalue weighted by Gasteiger charge is -2.15. The van der Waals surface area contributed by atoms with Gasteiger partial charge in [0.25, 0.3) is 0 Å². The van der Waals surface area contributed by atoms with Crippen molar-refractivity contribution in [2.24, 2.45) is 0 Å². The Labute approximate surface area is 108 Å². The van der Waals surface area contributed by atoms with Gasteiger partial charge in [-0.15, -0.1) is 0 Å². The van der Waals surface area contributed by atoms with Crippen LogP contribution >= 0.6 is 0 Å². The lowest BCUT2D eigenvalue weighted by Crippen LogP contribution is -2.22. The van der Waals surface area contributed by atoms with E-state index >= 15 is 0 Å². The topological polar surface area (TPSA) is 43.4 Å². The minimum absolute atomic E-state index is 0.0132. The number of hydrogen-bond donors (Lipinski definition) is 0. The summed E-state index contributed by atoms with van der Waals surface area (Å²) in [5.41, 5.74) is -0.915. The van der Waals surface area contributed by atoms with E-state index < -0.39 is 29.4 Å². The summed E-state index contributed by atoms with van der Waals surface area (Å²) in [6.45, 7) is 2.75. The standard InChI is InChI=1S/C13H13F3O3/c1-3-19-12(18)11(8(2)17)9-5-4-6-10(7-9)13(14,15)16/h4-7,11H,3H2,1-2H3. The van der Waals surface area contributed by atoms with Crippen LogP contribution in [0, 0.1) is 0 Å².